The van der Waals surface area contributed by atoms with E-state index in [1.165, 1.54) is 23.4 Å². The summed E-state index contributed by atoms with van der Waals surface area (Å²) >= 11 is 0. The molecule has 0 aliphatic rings. The van der Waals surface area contributed by atoms with Crippen LogP contribution in [0.3, 0.4) is 0 Å². The average molecular weight is 431 g/mol. The van der Waals surface area contributed by atoms with Crippen molar-refractivity contribution in [3.05, 3.63) is 65.2 Å². The first-order valence-corrected chi connectivity index (χ1v) is 12.5. The molecule has 2 rings (SSSR count). The molecule has 0 heterocycles. The molecule has 0 saturated carbocycles. The van der Waals surface area contributed by atoms with Crippen LogP contribution in [0.4, 0.5) is 5.69 Å². The summed E-state index contributed by atoms with van der Waals surface area (Å²) in [5.74, 6) is 0.418. The third-order valence-corrected chi connectivity index (χ3v) is 6.47. The highest BCUT2D eigenvalue weighted by molar-refractivity contribution is 7.92. The minimum atomic E-state index is -3.43. The zero-order chi connectivity index (χ0) is 22.1. The third kappa shape index (κ3) is 7.17. The van der Waals surface area contributed by atoms with Gasteiger partial charge in [-0.15, -0.1) is 0 Å². The van der Waals surface area contributed by atoms with E-state index in [2.05, 4.69) is 19.2 Å². The van der Waals surface area contributed by atoms with Gasteiger partial charge in [0.2, 0.25) is 10.0 Å². The number of benzene rings is 2. The van der Waals surface area contributed by atoms with Crippen LogP contribution >= 0.6 is 0 Å². The summed E-state index contributed by atoms with van der Waals surface area (Å²) in [4.78, 5) is 12.5. The minimum Gasteiger partial charge on any atom is -0.352 e. The van der Waals surface area contributed by atoms with Crippen molar-refractivity contribution in [1.82, 2.24) is 5.32 Å². The highest BCUT2D eigenvalue weighted by Crippen LogP contribution is 2.22. The first kappa shape index (κ1) is 23.9. The Balaban J connectivity index is 2.06. The van der Waals surface area contributed by atoms with E-state index in [1.807, 2.05) is 37.3 Å². The Morgan fingerprint density at radius 2 is 1.80 bits per heavy atom. The van der Waals surface area contributed by atoms with Gasteiger partial charge in [-0.1, -0.05) is 57.4 Å². The zero-order valence-corrected chi connectivity index (χ0v) is 19.3. The van der Waals surface area contributed by atoms with Crippen molar-refractivity contribution in [3.63, 3.8) is 0 Å². The number of rotatable bonds is 11. The second kappa shape index (κ2) is 11.2. The molecule has 0 bridgehead atoms. The Morgan fingerprint density at radius 1 is 1.10 bits per heavy atom. The number of nitrogens with one attached hydrogen (secondary N) is 1. The highest BCUT2D eigenvalue weighted by atomic mass is 32.2. The molecular weight excluding hydrogens is 396 g/mol. The monoisotopic (exact) mass is 430 g/mol. The van der Waals surface area contributed by atoms with Crippen molar-refractivity contribution in [2.75, 3.05) is 17.1 Å². The van der Waals surface area contributed by atoms with Crippen molar-refractivity contribution in [1.29, 1.82) is 0 Å². The molecular formula is C24H34N2O3S. The summed E-state index contributed by atoms with van der Waals surface area (Å²) < 4.78 is 26.1. The fraction of sp³-hybridized carbons (Fsp3) is 0.458. The van der Waals surface area contributed by atoms with Gasteiger partial charge in [0.25, 0.3) is 5.91 Å². The van der Waals surface area contributed by atoms with E-state index in [0.717, 1.165) is 24.0 Å². The van der Waals surface area contributed by atoms with Crippen LogP contribution in [0.25, 0.3) is 0 Å². The maximum atomic E-state index is 12.5. The number of carbonyl (C=O) groups excluding carboxylic acids is 1. The van der Waals surface area contributed by atoms with Crippen molar-refractivity contribution in [2.24, 2.45) is 5.92 Å². The van der Waals surface area contributed by atoms with E-state index in [-0.39, 0.29) is 12.5 Å². The summed E-state index contributed by atoms with van der Waals surface area (Å²) in [6, 6.07) is 14.6. The number of aryl methyl sites for hydroxylation is 1. The van der Waals surface area contributed by atoms with Gasteiger partial charge in [-0.05, 0) is 54.7 Å². The van der Waals surface area contributed by atoms with Crippen LogP contribution in [0.15, 0.2) is 48.5 Å². The second-order valence-corrected chi connectivity index (χ2v) is 9.84. The molecule has 0 fully saturated rings. The van der Waals surface area contributed by atoms with Gasteiger partial charge in [0, 0.05) is 12.1 Å². The zero-order valence-electron chi connectivity index (χ0n) is 18.5. The Labute approximate surface area is 181 Å². The van der Waals surface area contributed by atoms with E-state index < -0.39 is 10.0 Å². The van der Waals surface area contributed by atoms with Crippen molar-refractivity contribution < 1.29 is 13.2 Å². The van der Waals surface area contributed by atoms with Crippen molar-refractivity contribution in [3.8, 4) is 0 Å². The van der Waals surface area contributed by atoms with Gasteiger partial charge in [0.15, 0.2) is 0 Å². The van der Waals surface area contributed by atoms with Crippen LogP contribution in [-0.4, -0.2) is 27.1 Å². The molecule has 0 aromatic heterocycles. The lowest BCUT2D eigenvalue weighted by Gasteiger charge is -2.23. The van der Waals surface area contributed by atoms with Gasteiger partial charge in [-0.3, -0.25) is 9.10 Å². The topological polar surface area (TPSA) is 66.5 Å². The van der Waals surface area contributed by atoms with Gasteiger partial charge >= 0.3 is 0 Å². The molecule has 0 radical (unpaired) electrons. The fourth-order valence-corrected chi connectivity index (χ4v) is 4.27. The summed E-state index contributed by atoms with van der Waals surface area (Å²) in [6.07, 6.45) is 5.74. The van der Waals surface area contributed by atoms with E-state index >= 15 is 0 Å². The molecule has 1 atom stereocenters. The quantitative estimate of drug-likeness (QED) is 0.551. The second-order valence-electron chi connectivity index (χ2n) is 7.93. The van der Waals surface area contributed by atoms with E-state index in [4.69, 9.17) is 0 Å². The predicted molar refractivity (Wildman–Crippen MR) is 124 cm³/mol. The Hall–Kier alpha value is -2.34. The lowest BCUT2D eigenvalue weighted by molar-refractivity contribution is 0.0946. The van der Waals surface area contributed by atoms with Crippen LogP contribution in [0, 0.1) is 12.8 Å². The van der Waals surface area contributed by atoms with Crippen molar-refractivity contribution in [2.45, 2.75) is 53.0 Å². The van der Waals surface area contributed by atoms with Gasteiger partial charge in [0.1, 0.15) is 0 Å². The predicted octanol–water partition coefficient (Wildman–Crippen LogP) is 4.91. The maximum absolute atomic E-state index is 12.5. The van der Waals surface area contributed by atoms with E-state index in [9.17, 15) is 13.2 Å². The lowest BCUT2D eigenvalue weighted by atomic mass is 9.99. The molecule has 6 heteroatoms. The maximum Gasteiger partial charge on any atom is 0.251 e. The first-order valence-electron chi connectivity index (χ1n) is 10.7. The van der Waals surface area contributed by atoms with Crippen LogP contribution < -0.4 is 9.62 Å². The molecule has 0 spiro atoms. The van der Waals surface area contributed by atoms with E-state index in [0.29, 0.717) is 23.7 Å². The SMILES string of the molecule is CCCC[C@@H](CC)CNC(=O)c1ccc(CN(c2cccc(C)c2)S(C)(=O)=O)cc1. The van der Waals surface area contributed by atoms with Gasteiger partial charge in [-0.25, -0.2) is 8.42 Å². The molecule has 30 heavy (non-hydrogen) atoms. The number of sulfonamides is 1. The number of carbonyl (C=O) groups is 1. The standard InChI is InChI=1S/C24H34N2O3S/c1-5-7-10-20(6-2)17-25-24(27)22-14-12-21(13-15-22)18-26(30(4,28)29)23-11-8-9-19(3)16-23/h8-9,11-16,20H,5-7,10,17-18H2,1-4H3,(H,25,27)/t20-/m1/s1. The summed E-state index contributed by atoms with van der Waals surface area (Å²) in [6.45, 7) is 7.17. The minimum absolute atomic E-state index is 0.0878. The molecule has 5 nitrogen and oxygen atoms in total. The Kier molecular flexibility index (Phi) is 8.90. The largest absolute Gasteiger partial charge is 0.352 e. The smallest absolute Gasteiger partial charge is 0.251 e. The summed E-state index contributed by atoms with van der Waals surface area (Å²) in [5.41, 5.74) is 3.05. The summed E-state index contributed by atoms with van der Waals surface area (Å²) in [5, 5.41) is 3.03. The van der Waals surface area contributed by atoms with E-state index in [1.54, 1.807) is 18.2 Å². The molecule has 164 valence electrons. The van der Waals surface area contributed by atoms with Gasteiger partial charge in [-0.2, -0.15) is 0 Å². The molecule has 0 unspecified atom stereocenters. The van der Waals surface area contributed by atoms with Crippen molar-refractivity contribution >= 4 is 21.6 Å². The molecule has 0 aliphatic heterocycles. The molecule has 1 N–H and O–H groups in total. The number of unbranched alkanes of at least 4 members (excludes halogenated alkanes) is 1. The first-order chi connectivity index (χ1) is 14.2. The lowest BCUT2D eigenvalue weighted by Crippen LogP contribution is -2.30. The van der Waals surface area contributed by atoms with Gasteiger partial charge in [0.05, 0.1) is 18.5 Å². The van der Waals surface area contributed by atoms with Crippen LogP contribution in [-0.2, 0) is 16.6 Å². The molecule has 0 saturated heterocycles. The number of hydrogen-bond donors (Lipinski definition) is 1. The Morgan fingerprint density at radius 3 is 2.37 bits per heavy atom. The number of anilines is 1. The highest BCUT2D eigenvalue weighted by Gasteiger charge is 2.18. The molecule has 2 aromatic rings. The number of hydrogen-bond acceptors (Lipinski definition) is 3. The van der Waals surface area contributed by atoms with Gasteiger partial charge < -0.3 is 5.32 Å². The fourth-order valence-electron chi connectivity index (χ4n) is 3.39. The summed E-state index contributed by atoms with van der Waals surface area (Å²) in [7, 11) is -3.43. The molecule has 1 amide bonds. The third-order valence-electron chi connectivity index (χ3n) is 5.33. The Bertz CT molecular complexity index is 924. The number of amides is 1. The number of nitrogens with zero attached hydrogens (tertiary/aromatic N) is 1. The van der Waals surface area contributed by atoms with Crippen LogP contribution in [0.5, 0.6) is 0 Å². The van der Waals surface area contributed by atoms with Crippen LogP contribution in [0.1, 0.15) is 61.0 Å². The van der Waals surface area contributed by atoms with Crippen LogP contribution in [0.2, 0.25) is 0 Å². The molecule has 0 aliphatic carbocycles. The molecule has 2 aromatic carbocycles. The normalized spacial score (nSPS) is 12.4. The average Bonchev–Trinajstić information content (AvgIpc) is 2.71.